The van der Waals surface area contributed by atoms with Crippen molar-refractivity contribution in [2.75, 3.05) is 5.32 Å². The second-order valence-corrected chi connectivity index (χ2v) is 6.90. The molecular formula is C19H19N3O3. The molecule has 1 amide bonds. The summed E-state index contributed by atoms with van der Waals surface area (Å²) in [5.41, 5.74) is 1.87. The van der Waals surface area contributed by atoms with Crippen molar-refractivity contribution in [2.45, 2.75) is 20.8 Å². The number of carbonyl (C=O) groups excluding carboxylic acids is 2. The molecule has 0 aliphatic carbocycles. The van der Waals surface area contributed by atoms with Gasteiger partial charge in [-0.15, -0.1) is 0 Å². The predicted octanol–water partition coefficient (Wildman–Crippen LogP) is 3.75. The molecule has 128 valence electrons. The van der Waals surface area contributed by atoms with Crippen LogP contribution in [0, 0.1) is 5.41 Å². The molecule has 25 heavy (non-hydrogen) atoms. The standard InChI is InChI=1S/C19H19N3O3/c1-19(2,3)16(24)12-6-9-14-15(10-12)21-18(20-14)22-17(25)11-4-7-13(23)8-5-11/h4-10,23H,1-3H3,(H2,20,21,22,25). The van der Waals surface area contributed by atoms with Crippen LogP contribution in [0.2, 0.25) is 0 Å². The van der Waals surface area contributed by atoms with Gasteiger partial charge < -0.3 is 10.1 Å². The minimum atomic E-state index is -0.469. The van der Waals surface area contributed by atoms with E-state index in [1.165, 1.54) is 24.3 Å². The second kappa shape index (κ2) is 6.05. The van der Waals surface area contributed by atoms with Gasteiger partial charge in [-0.3, -0.25) is 14.9 Å². The number of phenols is 1. The van der Waals surface area contributed by atoms with E-state index >= 15 is 0 Å². The molecular weight excluding hydrogens is 318 g/mol. The van der Waals surface area contributed by atoms with E-state index in [0.717, 1.165) is 0 Å². The molecule has 0 radical (unpaired) electrons. The fourth-order valence-corrected chi connectivity index (χ4v) is 2.44. The van der Waals surface area contributed by atoms with Crippen LogP contribution in [0.25, 0.3) is 11.0 Å². The van der Waals surface area contributed by atoms with Crippen LogP contribution in [0.4, 0.5) is 5.95 Å². The van der Waals surface area contributed by atoms with Crippen molar-refractivity contribution in [3.05, 3.63) is 53.6 Å². The monoisotopic (exact) mass is 337 g/mol. The van der Waals surface area contributed by atoms with Crippen molar-refractivity contribution in [2.24, 2.45) is 5.41 Å². The average Bonchev–Trinajstić information content (AvgIpc) is 2.95. The van der Waals surface area contributed by atoms with Crippen LogP contribution in [0.3, 0.4) is 0 Å². The number of nitrogens with one attached hydrogen (secondary N) is 2. The highest BCUT2D eigenvalue weighted by atomic mass is 16.3. The number of anilines is 1. The van der Waals surface area contributed by atoms with Crippen LogP contribution >= 0.6 is 0 Å². The predicted molar refractivity (Wildman–Crippen MR) is 95.9 cm³/mol. The van der Waals surface area contributed by atoms with E-state index < -0.39 is 5.41 Å². The van der Waals surface area contributed by atoms with Gasteiger partial charge in [-0.1, -0.05) is 20.8 Å². The summed E-state index contributed by atoms with van der Waals surface area (Å²) < 4.78 is 0. The lowest BCUT2D eigenvalue weighted by atomic mass is 9.86. The molecule has 6 nitrogen and oxygen atoms in total. The van der Waals surface area contributed by atoms with E-state index in [-0.39, 0.29) is 17.4 Å². The highest BCUT2D eigenvalue weighted by Crippen LogP contribution is 2.24. The quantitative estimate of drug-likeness (QED) is 0.634. The Labute approximate surface area is 144 Å². The lowest BCUT2D eigenvalue weighted by molar-refractivity contribution is 0.0858. The lowest BCUT2D eigenvalue weighted by Crippen LogP contribution is -2.19. The summed E-state index contributed by atoms with van der Waals surface area (Å²) in [7, 11) is 0. The normalized spacial score (nSPS) is 11.5. The number of aromatic hydroxyl groups is 1. The molecule has 0 aliphatic heterocycles. The number of phenolic OH excluding ortho intramolecular Hbond substituents is 1. The first-order chi connectivity index (χ1) is 11.7. The maximum Gasteiger partial charge on any atom is 0.257 e. The molecule has 3 N–H and O–H groups in total. The first kappa shape index (κ1) is 16.7. The number of hydrogen-bond acceptors (Lipinski definition) is 4. The fraction of sp³-hybridized carbons (Fsp3) is 0.211. The average molecular weight is 337 g/mol. The van der Waals surface area contributed by atoms with E-state index in [1.54, 1.807) is 18.2 Å². The molecule has 3 rings (SSSR count). The smallest absolute Gasteiger partial charge is 0.257 e. The van der Waals surface area contributed by atoms with Crippen LogP contribution in [-0.2, 0) is 0 Å². The number of amides is 1. The maximum absolute atomic E-state index is 12.4. The zero-order valence-corrected chi connectivity index (χ0v) is 14.3. The number of ketones is 1. The number of aromatic nitrogens is 2. The van der Waals surface area contributed by atoms with Gasteiger partial charge in [0.15, 0.2) is 5.78 Å². The van der Waals surface area contributed by atoms with Gasteiger partial charge in [0.1, 0.15) is 5.75 Å². The molecule has 0 spiro atoms. The summed E-state index contributed by atoms with van der Waals surface area (Å²) in [6.45, 7) is 5.61. The van der Waals surface area contributed by atoms with Crippen molar-refractivity contribution in [1.29, 1.82) is 0 Å². The Morgan fingerprint density at radius 2 is 1.68 bits per heavy atom. The van der Waals surface area contributed by atoms with E-state index in [9.17, 15) is 14.7 Å². The number of H-pyrrole nitrogens is 1. The van der Waals surface area contributed by atoms with E-state index in [4.69, 9.17) is 0 Å². The molecule has 3 aromatic rings. The van der Waals surface area contributed by atoms with Crippen LogP contribution in [-0.4, -0.2) is 26.8 Å². The highest BCUT2D eigenvalue weighted by molar-refractivity contribution is 6.05. The second-order valence-electron chi connectivity index (χ2n) is 6.90. The Morgan fingerprint density at radius 3 is 2.32 bits per heavy atom. The van der Waals surface area contributed by atoms with Gasteiger partial charge in [0, 0.05) is 16.5 Å². The van der Waals surface area contributed by atoms with Crippen LogP contribution in [0.1, 0.15) is 41.5 Å². The first-order valence-electron chi connectivity index (χ1n) is 7.89. The van der Waals surface area contributed by atoms with Crippen molar-refractivity contribution in [1.82, 2.24) is 9.97 Å². The molecule has 6 heteroatoms. The summed E-state index contributed by atoms with van der Waals surface area (Å²) >= 11 is 0. The molecule has 0 bridgehead atoms. The van der Waals surface area contributed by atoms with Crippen LogP contribution in [0.15, 0.2) is 42.5 Å². The number of nitrogens with zero attached hydrogens (tertiary/aromatic N) is 1. The number of Topliss-reactive ketones (excluding diaryl/α,β-unsaturated/α-hetero) is 1. The van der Waals surface area contributed by atoms with Crippen LogP contribution in [0.5, 0.6) is 5.75 Å². The van der Waals surface area contributed by atoms with Crippen molar-refractivity contribution < 1.29 is 14.7 Å². The number of carbonyl (C=O) groups is 2. The SMILES string of the molecule is CC(C)(C)C(=O)c1ccc2nc(NC(=O)c3ccc(O)cc3)[nH]c2c1. The number of hydrogen-bond donors (Lipinski definition) is 3. The minimum absolute atomic E-state index is 0.0404. The highest BCUT2D eigenvalue weighted by Gasteiger charge is 2.23. The summed E-state index contributed by atoms with van der Waals surface area (Å²) in [6.07, 6.45) is 0. The van der Waals surface area contributed by atoms with Crippen molar-refractivity contribution in [3.63, 3.8) is 0 Å². The molecule has 1 aromatic heterocycles. The van der Waals surface area contributed by atoms with Gasteiger partial charge in [-0.05, 0) is 42.5 Å². The zero-order valence-electron chi connectivity index (χ0n) is 14.3. The summed E-state index contributed by atoms with van der Waals surface area (Å²) in [5, 5.41) is 11.9. The summed E-state index contributed by atoms with van der Waals surface area (Å²) in [4.78, 5) is 31.9. The third-order valence-electron chi connectivity index (χ3n) is 3.79. The molecule has 0 fully saturated rings. The third-order valence-corrected chi connectivity index (χ3v) is 3.79. The molecule has 0 saturated carbocycles. The fourth-order valence-electron chi connectivity index (χ4n) is 2.44. The number of benzene rings is 2. The Balaban J connectivity index is 1.85. The molecule has 0 atom stereocenters. The van der Waals surface area contributed by atoms with Gasteiger partial charge in [0.2, 0.25) is 5.95 Å². The van der Waals surface area contributed by atoms with Gasteiger partial charge in [0.25, 0.3) is 5.91 Å². The lowest BCUT2D eigenvalue weighted by Gasteiger charge is -2.16. The maximum atomic E-state index is 12.4. The zero-order chi connectivity index (χ0) is 18.2. The summed E-state index contributed by atoms with van der Waals surface area (Å²) in [5.74, 6) is 0.0912. The molecule has 0 unspecified atom stereocenters. The Kier molecular flexibility index (Phi) is 4.04. The molecule has 0 saturated heterocycles. The van der Waals surface area contributed by atoms with Crippen LogP contribution < -0.4 is 5.32 Å². The molecule has 2 aromatic carbocycles. The summed E-state index contributed by atoms with van der Waals surface area (Å²) in [6, 6.07) is 11.2. The number of rotatable bonds is 3. The number of imidazole rings is 1. The Morgan fingerprint density at radius 1 is 1.04 bits per heavy atom. The largest absolute Gasteiger partial charge is 0.508 e. The van der Waals surface area contributed by atoms with Crippen molar-refractivity contribution in [3.8, 4) is 5.75 Å². The molecule has 0 aliphatic rings. The van der Waals surface area contributed by atoms with E-state index in [0.29, 0.717) is 28.1 Å². The number of aromatic amines is 1. The molecule has 1 heterocycles. The van der Waals surface area contributed by atoms with Gasteiger partial charge >= 0.3 is 0 Å². The van der Waals surface area contributed by atoms with E-state index in [2.05, 4.69) is 15.3 Å². The van der Waals surface area contributed by atoms with Gasteiger partial charge in [0.05, 0.1) is 11.0 Å². The minimum Gasteiger partial charge on any atom is -0.508 e. The first-order valence-corrected chi connectivity index (χ1v) is 7.89. The third kappa shape index (κ3) is 3.52. The van der Waals surface area contributed by atoms with Gasteiger partial charge in [-0.25, -0.2) is 4.98 Å². The number of fused-ring (bicyclic) bond motifs is 1. The Bertz CT molecular complexity index is 950. The topological polar surface area (TPSA) is 95.1 Å². The van der Waals surface area contributed by atoms with E-state index in [1.807, 2.05) is 20.8 Å². The van der Waals surface area contributed by atoms with Crippen molar-refractivity contribution >= 4 is 28.7 Å². The van der Waals surface area contributed by atoms with Gasteiger partial charge in [-0.2, -0.15) is 0 Å². The Hall–Kier alpha value is -3.15.